The van der Waals surface area contributed by atoms with E-state index < -0.39 is 0 Å². The number of rotatable bonds is 5. The van der Waals surface area contributed by atoms with Gasteiger partial charge in [0.15, 0.2) is 0 Å². The Kier molecular flexibility index (Phi) is 4.76. The van der Waals surface area contributed by atoms with Crippen molar-refractivity contribution in [3.8, 4) is 0 Å². The highest BCUT2D eigenvalue weighted by Gasteiger charge is 2.30. The fraction of sp³-hybridized carbons (Fsp3) is 0.667. The van der Waals surface area contributed by atoms with Gasteiger partial charge in [-0.3, -0.25) is 9.36 Å². The van der Waals surface area contributed by atoms with E-state index in [1.807, 2.05) is 24.1 Å². The van der Waals surface area contributed by atoms with Crippen LogP contribution in [0, 0.1) is 12.8 Å². The maximum Gasteiger partial charge on any atom is 0.0901 e. The third-order valence-electron chi connectivity index (χ3n) is 5.40. The summed E-state index contributed by atoms with van der Waals surface area (Å²) in [6.45, 7) is 5.51. The summed E-state index contributed by atoms with van der Waals surface area (Å²) in [4.78, 5) is 0. The molecule has 0 aliphatic carbocycles. The molecule has 4 heterocycles. The van der Waals surface area contributed by atoms with Crippen LogP contribution in [0.1, 0.15) is 42.7 Å². The first-order valence-corrected chi connectivity index (χ1v) is 9.18. The number of nitrogens with one attached hydrogen (secondary N) is 1. The predicted molar refractivity (Wildman–Crippen MR) is 94.6 cm³/mol. The molecule has 4 rings (SSSR count). The summed E-state index contributed by atoms with van der Waals surface area (Å²) in [5.41, 5.74) is 3.51. The Bertz CT molecular complexity index is 704. The summed E-state index contributed by atoms with van der Waals surface area (Å²) < 4.78 is 15.4. The number of hydrogen-bond donors (Lipinski definition) is 1. The van der Waals surface area contributed by atoms with Gasteiger partial charge in [0, 0.05) is 51.1 Å². The van der Waals surface area contributed by atoms with Gasteiger partial charge in [0.25, 0.3) is 0 Å². The standard InChI is InChI=1S/C18H27N5O2/c1-13-17(11-21-23(13)16-4-6-24-7-5-16)19-9-14-3-8-25-18(14)15-10-20-22(2)12-15/h10-12,14,16,18-19H,3-9H2,1-2H3/t14-,18+/m1/s1. The Hall–Kier alpha value is -1.86. The highest BCUT2D eigenvalue weighted by atomic mass is 16.5. The molecule has 2 aromatic heterocycles. The molecule has 2 atom stereocenters. The van der Waals surface area contributed by atoms with Gasteiger partial charge in [0.1, 0.15) is 0 Å². The molecule has 2 aliphatic heterocycles. The van der Waals surface area contributed by atoms with Gasteiger partial charge in [-0.15, -0.1) is 0 Å². The smallest absolute Gasteiger partial charge is 0.0901 e. The lowest BCUT2D eigenvalue weighted by Gasteiger charge is -2.24. The van der Waals surface area contributed by atoms with Crippen LogP contribution in [-0.4, -0.2) is 45.9 Å². The van der Waals surface area contributed by atoms with Crippen LogP contribution in [0.15, 0.2) is 18.6 Å². The van der Waals surface area contributed by atoms with Crippen LogP contribution < -0.4 is 5.32 Å². The zero-order valence-corrected chi connectivity index (χ0v) is 15.0. The van der Waals surface area contributed by atoms with Crippen LogP contribution in [-0.2, 0) is 16.5 Å². The summed E-state index contributed by atoms with van der Waals surface area (Å²) in [5, 5.41) is 12.5. The highest BCUT2D eigenvalue weighted by molar-refractivity contribution is 5.46. The van der Waals surface area contributed by atoms with Crippen LogP contribution in [0.4, 0.5) is 5.69 Å². The summed E-state index contributed by atoms with van der Waals surface area (Å²) in [6.07, 6.45) is 9.21. The molecule has 2 fully saturated rings. The van der Waals surface area contributed by atoms with Crippen molar-refractivity contribution < 1.29 is 9.47 Å². The third kappa shape index (κ3) is 3.43. The van der Waals surface area contributed by atoms with Crippen molar-refractivity contribution in [1.82, 2.24) is 19.6 Å². The largest absolute Gasteiger partial charge is 0.382 e. The van der Waals surface area contributed by atoms with E-state index in [1.54, 1.807) is 0 Å². The monoisotopic (exact) mass is 345 g/mol. The average molecular weight is 345 g/mol. The van der Waals surface area contributed by atoms with Crippen LogP contribution in [0.2, 0.25) is 0 Å². The lowest BCUT2D eigenvalue weighted by Crippen LogP contribution is -2.21. The molecule has 136 valence electrons. The zero-order valence-electron chi connectivity index (χ0n) is 15.0. The van der Waals surface area contributed by atoms with E-state index in [4.69, 9.17) is 9.47 Å². The fourth-order valence-corrected chi connectivity index (χ4v) is 3.93. The highest BCUT2D eigenvalue weighted by Crippen LogP contribution is 2.34. The molecule has 7 nitrogen and oxygen atoms in total. The van der Waals surface area contributed by atoms with E-state index in [-0.39, 0.29) is 6.10 Å². The van der Waals surface area contributed by atoms with Gasteiger partial charge in [-0.2, -0.15) is 10.2 Å². The molecule has 25 heavy (non-hydrogen) atoms. The minimum Gasteiger partial charge on any atom is -0.382 e. The maximum absolute atomic E-state index is 5.96. The van der Waals surface area contributed by atoms with Crippen molar-refractivity contribution in [3.63, 3.8) is 0 Å². The van der Waals surface area contributed by atoms with E-state index in [2.05, 4.69) is 33.3 Å². The van der Waals surface area contributed by atoms with Gasteiger partial charge < -0.3 is 14.8 Å². The van der Waals surface area contributed by atoms with E-state index >= 15 is 0 Å². The number of hydrogen-bond acceptors (Lipinski definition) is 5. The van der Waals surface area contributed by atoms with Crippen molar-refractivity contribution in [2.45, 2.75) is 38.3 Å². The van der Waals surface area contributed by atoms with Crippen molar-refractivity contribution in [1.29, 1.82) is 0 Å². The second-order valence-corrected chi connectivity index (χ2v) is 7.10. The second kappa shape index (κ2) is 7.17. The Labute approximate surface area is 148 Å². The van der Waals surface area contributed by atoms with Gasteiger partial charge in [-0.05, 0) is 26.2 Å². The molecule has 0 aromatic carbocycles. The zero-order chi connectivity index (χ0) is 17.2. The summed E-state index contributed by atoms with van der Waals surface area (Å²) in [6, 6.07) is 0.460. The number of ether oxygens (including phenoxy) is 2. The van der Waals surface area contributed by atoms with Crippen molar-refractivity contribution in [2.75, 3.05) is 31.7 Å². The molecular formula is C18H27N5O2. The first kappa shape index (κ1) is 16.6. The Morgan fingerprint density at radius 3 is 2.76 bits per heavy atom. The maximum atomic E-state index is 5.96. The van der Waals surface area contributed by atoms with Crippen LogP contribution in [0.5, 0.6) is 0 Å². The normalized spacial score (nSPS) is 24.7. The second-order valence-electron chi connectivity index (χ2n) is 7.10. The van der Waals surface area contributed by atoms with Crippen LogP contribution in [0.25, 0.3) is 0 Å². The molecular weight excluding hydrogens is 318 g/mol. The lowest BCUT2D eigenvalue weighted by atomic mass is 9.97. The molecule has 2 aliphatic rings. The molecule has 2 aromatic rings. The van der Waals surface area contributed by atoms with Crippen molar-refractivity contribution in [2.24, 2.45) is 13.0 Å². The first-order valence-electron chi connectivity index (χ1n) is 9.18. The van der Waals surface area contributed by atoms with Crippen molar-refractivity contribution >= 4 is 5.69 Å². The summed E-state index contributed by atoms with van der Waals surface area (Å²) >= 11 is 0. The van der Waals surface area contributed by atoms with Gasteiger partial charge in [0.2, 0.25) is 0 Å². The number of aryl methyl sites for hydroxylation is 1. The van der Waals surface area contributed by atoms with Crippen LogP contribution >= 0.6 is 0 Å². The summed E-state index contributed by atoms with van der Waals surface area (Å²) in [5.74, 6) is 0.454. The van der Waals surface area contributed by atoms with Gasteiger partial charge in [-0.25, -0.2) is 0 Å². The minimum atomic E-state index is 0.132. The van der Waals surface area contributed by atoms with E-state index in [0.717, 1.165) is 51.3 Å². The summed E-state index contributed by atoms with van der Waals surface area (Å²) in [7, 11) is 1.94. The van der Waals surface area contributed by atoms with E-state index in [9.17, 15) is 0 Å². The minimum absolute atomic E-state index is 0.132. The number of aromatic nitrogens is 4. The number of nitrogens with zero attached hydrogens (tertiary/aromatic N) is 4. The SMILES string of the molecule is Cc1c(NC[C@H]2CCO[C@@H]2c2cnn(C)c2)cnn1C1CCOCC1. The Morgan fingerprint density at radius 2 is 2.00 bits per heavy atom. The molecule has 0 saturated carbocycles. The Morgan fingerprint density at radius 1 is 1.16 bits per heavy atom. The molecule has 0 amide bonds. The van der Waals surface area contributed by atoms with E-state index in [0.29, 0.717) is 12.0 Å². The van der Waals surface area contributed by atoms with Gasteiger partial charge in [0.05, 0.1) is 35.9 Å². The topological polar surface area (TPSA) is 66.1 Å². The number of anilines is 1. The van der Waals surface area contributed by atoms with Gasteiger partial charge in [-0.1, -0.05) is 0 Å². The Balaban J connectivity index is 1.40. The molecule has 1 N–H and O–H groups in total. The fourth-order valence-electron chi connectivity index (χ4n) is 3.93. The lowest BCUT2D eigenvalue weighted by molar-refractivity contribution is 0.0657. The quantitative estimate of drug-likeness (QED) is 0.902. The first-order chi connectivity index (χ1) is 12.2. The molecule has 2 saturated heterocycles. The average Bonchev–Trinajstić information content (AvgIpc) is 3.34. The van der Waals surface area contributed by atoms with Crippen molar-refractivity contribution in [3.05, 3.63) is 29.8 Å². The molecule has 0 unspecified atom stereocenters. The molecule has 0 radical (unpaired) electrons. The molecule has 0 spiro atoms. The predicted octanol–water partition coefficient (Wildman–Crippen LogP) is 2.47. The van der Waals surface area contributed by atoms with E-state index in [1.165, 1.54) is 11.3 Å². The molecule has 7 heteroatoms. The van der Waals surface area contributed by atoms with Gasteiger partial charge >= 0.3 is 0 Å². The van der Waals surface area contributed by atoms with Crippen LogP contribution in [0.3, 0.4) is 0 Å². The molecule has 0 bridgehead atoms. The third-order valence-corrected chi connectivity index (χ3v) is 5.40.